The van der Waals surface area contributed by atoms with Gasteiger partial charge in [-0.3, -0.25) is 0 Å². The van der Waals surface area contributed by atoms with Crippen molar-refractivity contribution in [3.63, 3.8) is 0 Å². The maximum Gasteiger partial charge on any atom is 0.338 e. The summed E-state index contributed by atoms with van der Waals surface area (Å²) in [5, 5.41) is 5.02. The van der Waals surface area contributed by atoms with Gasteiger partial charge in [0.1, 0.15) is 5.82 Å². The van der Waals surface area contributed by atoms with Gasteiger partial charge in [0.05, 0.1) is 47.0 Å². The molecule has 0 spiro atoms. The molecule has 1 saturated heterocycles. The van der Waals surface area contributed by atoms with Crippen molar-refractivity contribution in [3.8, 4) is 11.3 Å². The normalized spacial score (nSPS) is 18.5. The summed E-state index contributed by atoms with van der Waals surface area (Å²) in [6, 6.07) is 7.00. The summed E-state index contributed by atoms with van der Waals surface area (Å²) in [5.74, 6) is -0.841. The standard InChI is InChI=1S/C19H18FN3O4S/c1-11-17-15(19(24)27-2)9-16(12-3-5-13(20)6-4-12)21-18(17)23(22-11)14-7-8-28(25,26)10-14/h3-6,9,14H,7-8,10H2,1-2H3/t14-/m1/s1. The Labute approximate surface area is 161 Å². The van der Waals surface area contributed by atoms with Gasteiger partial charge in [0, 0.05) is 5.56 Å². The summed E-state index contributed by atoms with van der Waals surface area (Å²) in [6.45, 7) is 1.74. The number of pyridine rings is 1. The van der Waals surface area contributed by atoms with Crippen LogP contribution in [0.1, 0.15) is 28.5 Å². The maximum absolute atomic E-state index is 13.3. The zero-order valence-corrected chi connectivity index (χ0v) is 16.2. The van der Waals surface area contributed by atoms with Crippen LogP contribution in [0.4, 0.5) is 4.39 Å². The van der Waals surface area contributed by atoms with Crippen molar-refractivity contribution in [2.45, 2.75) is 19.4 Å². The Morgan fingerprint density at radius 2 is 2.00 bits per heavy atom. The van der Waals surface area contributed by atoms with E-state index in [1.807, 2.05) is 0 Å². The number of hydrogen-bond acceptors (Lipinski definition) is 6. The zero-order chi connectivity index (χ0) is 20.1. The lowest BCUT2D eigenvalue weighted by Crippen LogP contribution is -2.13. The Balaban J connectivity index is 1.96. The zero-order valence-electron chi connectivity index (χ0n) is 15.3. The van der Waals surface area contributed by atoms with Gasteiger partial charge in [-0.2, -0.15) is 5.10 Å². The van der Waals surface area contributed by atoms with Gasteiger partial charge in [-0.1, -0.05) is 0 Å². The molecule has 7 nitrogen and oxygen atoms in total. The summed E-state index contributed by atoms with van der Waals surface area (Å²) in [4.78, 5) is 17.0. The van der Waals surface area contributed by atoms with Crippen LogP contribution in [0.3, 0.4) is 0 Å². The third kappa shape index (κ3) is 3.15. The Morgan fingerprint density at radius 1 is 1.29 bits per heavy atom. The lowest BCUT2D eigenvalue weighted by atomic mass is 10.1. The highest BCUT2D eigenvalue weighted by Gasteiger charge is 2.32. The number of carbonyl (C=O) groups excluding carboxylic acids is 1. The lowest BCUT2D eigenvalue weighted by molar-refractivity contribution is 0.0603. The first-order valence-corrected chi connectivity index (χ1v) is 10.6. The molecule has 1 fully saturated rings. The van der Waals surface area contributed by atoms with Crippen LogP contribution in [0.25, 0.3) is 22.3 Å². The molecule has 0 N–H and O–H groups in total. The van der Waals surface area contributed by atoms with Crippen molar-refractivity contribution in [1.82, 2.24) is 14.8 Å². The van der Waals surface area contributed by atoms with Gasteiger partial charge in [0.15, 0.2) is 15.5 Å². The van der Waals surface area contributed by atoms with Gasteiger partial charge in [0.25, 0.3) is 0 Å². The van der Waals surface area contributed by atoms with Crippen molar-refractivity contribution in [2.75, 3.05) is 18.6 Å². The number of nitrogens with zero attached hydrogens (tertiary/aromatic N) is 3. The van der Waals surface area contributed by atoms with Crippen LogP contribution < -0.4 is 0 Å². The van der Waals surface area contributed by atoms with Gasteiger partial charge < -0.3 is 4.74 Å². The predicted molar refractivity (Wildman–Crippen MR) is 101 cm³/mol. The number of carbonyl (C=O) groups is 1. The smallest absolute Gasteiger partial charge is 0.338 e. The monoisotopic (exact) mass is 403 g/mol. The van der Waals surface area contributed by atoms with E-state index in [-0.39, 0.29) is 28.9 Å². The first-order valence-electron chi connectivity index (χ1n) is 8.73. The van der Waals surface area contributed by atoms with E-state index in [0.717, 1.165) is 0 Å². The largest absolute Gasteiger partial charge is 0.465 e. The van der Waals surface area contributed by atoms with Gasteiger partial charge in [-0.15, -0.1) is 0 Å². The number of aryl methyl sites for hydroxylation is 1. The average Bonchev–Trinajstić information content (AvgIpc) is 3.20. The summed E-state index contributed by atoms with van der Waals surface area (Å²) >= 11 is 0. The third-order valence-electron chi connectivity index (χ3n) is 4.94. The Bertz CT molecular complexity index is 1190. The molecule has 0 aliphatic carbocycles. The van der Waals surface area contributed by atoms with Crippen LogP contribution in [0.5, 0.6) is 0 Å². The molecule has 0 radical (unpaired) electrons. The number of rotatable bonds is 3. The lowest BCUT2D eigenvalue weighted by Gasteiger charge is -2.11. The number of ether oxygens (including phenoxy) is 1. The summed E-state index contributed by atoms with van der Waals surface area (Å²) in [7, 11) is -1.84. The fourth-order valence-electron chi connectivity index (χ4n) is 3.58. The number of hydrogen-bond donors (Lipinski definition) is 0. The number of esters is 1. The van der Waals surface area contributed by atoms with Crippen molar-refractivity contribution in [2.24, 2.45) is 0 Å². The average molecular weight is 403 g/mol. The molecule has 1 atom stereocenters. The first kappa shape index (κ1) is 18.5. The van der Waals surface area contributed by atoms with Crippen LogP contribution >= 0.6 is 0 Å². The van der Waals surface area contributed by atoms with E-state index < -0.39 is 15.8 Å². The summed E-state index contributed by atoms with van der Waals surface area (Å²) in [6.07, 6.45) is 0.439. The highest BCUT2D eigenvalue weighted by Crippen LogP contribution is 2.32. The van der Waals surface area contributed by atoms with E-state index in [2.05, 4.69) is 10.1 Å². The fourth-order valence-corrected chi connectivity index (χ4v) is 5.27. The minimum atomic E-state index is -3.12. The van der Waals surface area contributed by atoms with Crippen LogP contribution in [-0.2, 0) is 14.6 Å². The van der Waals surface area contributed by atoms with E-state index in [9.17, 15) is 17.6 Å². The molecule has 3 heterocycles. The van der Waals surface area contributed by atoms with Crippen LogP contribution in [0.2, 0.25) is 0 Å². The number of methoxy groups -OCH3 is 1. The second-order valence-corrected chi connectivity index (χ2v) is 9.07. The van der Waals surface area contributed by atoms with Crippen molar-refractivity contribution in [3.05, 3.63) is 47.4 Å². The minimum Gasteiger partial charge on any atom is -0.465 e. The molecule has 2 aromatic heterocycles. The molecule has 146 valence electrons. The van der Waals surface area contributed by atoms with E-state index in [0.29, 0.717) is 34.4 Å². The molecule has 0 amide bonds. The highest BCUT2D eigenvalue weighted by atomic mass is 32.2. The van der Waals surface area contributed by atoms with Gasteiger partial charge in [-0.25, -0.2) is 27.3 Å². The van der Waals surface area contributed by atoms with Crippen LogP contribution in [-0.4, -0.2) is 47.8 Å². The van der Waals surface area contributed by atoms with E-state index in [1.54, 1.807) is 29.8 Å². The number of benzene rings is 1. The quantitative estimate of drug-likeness (QED) is 0.625. The van der Waals surface area contributed by atoms with E-state index >= 15 is 0 Å². The second kappa shape index (κ2) is 6.66. The number of halogens is 1. The van der Waals surface area contributed by atoms with E-state index in [4.69, 9.17) is 4.74 Å². The van der Waals surface area contributed by atoms with Crippen LogP contribution in [0.15, 0.2) is 30.3 Å². The number of aromatic nitrogens is 3. The van der Waals surface area contributed by atoms with Crippen LogP contribution in [0, 0.1) is 12.7 Å². The second-order valence-electron chi connectivity index (χ2n) is 6.84. The van der Waals surface area contributed by atoms with Crippen molar-refractivity contribution in [1.29, 1.82) is 0 Å². The Hall–Kier alpha value is -2.81. The summed E-state index contributed by atoms with van der Waals surface area (Å²) in [5.41, 5.74) is 2.35. The molecule has 0 saturated carbocycles. The molecule has 9 heteroatoms. The predicted octanol–water partition coefficient (Wildman–Crippen LogP) is 2.69. The molecule has 4 rings (SSSR count). The topological polar surface area (TPSA) is 91.2 Å². The molecule has 1 aliphatic heterocycles. The van der Waals surface area contributed by atoms with E-state index in [1.165, 1.54) is 19.2 Å². The highest BCUT2D eigenvalue weighted by molar-refractivity contribution is 7.91. The maximum atomic E-state index is 13.3. The molecule has 0 unspecified atom stereocenters. The molecule has 0 bridgehead atoms. The molecular weight excluding hydrogens is 385 g/mol. The number of sulfone groups is 1. The Kier molecular flexibility index (Phi) is 4.41. The molecule has 1 aliphatic rings. The van der Waals surface area contributed by atoms with Crippen molar-refractivity contribution >= 4 is 26.8 Å². The molecule has 3 aromatic rings. The fraction of sp³-hybridized carbons (Fsp3) is 0.316. The minimum absolute atomic E-state index is 0.0146. The SMILES string of the molecule is COC(=O)c1cc(-c2ccc(F)cc2)nc2c1c(C)nn2[C@@H]1CCS(=O)(=O)C1. The molecular formula is C19H18FN3O4S. The van der Waals surface area contributed by atoms with Gasteiger partial charge in [0.2, 0.25) is 0 Å². The third-order valence-corrected chi connectivity index (χ3v) is 6.69. The number of fused-ring (bicyclic) bond motifs is 1. The first-order chi connectivity index (χ1) is 13.3. The van der Waals surface area contributed by atoms with Crippen molar-refractivity contribution < 1.29 is 22.3 Å². The molecule has 1 aromatic carbocycles. The molecule has 28 heavy (non-hydrogen) atoms. The van der Waals surface area contributed by atoms with Gasteiger partial charge in [-0.05, 0) is 43.7 Å². The Morgan fingerprint density at radius 3 is 2.61 bits per heavy atom. The summed E-state index contributed by atoms with van der Waals surface area (Å²) < 4.78 is 43.7. The van der Waals surface area contributed by atoms with Gasteiger partial charge >= 0.3 is 5.97 Å².